The number of rotatable bonds is 18. The number of para-hydroxylation sites is 2. The molecule has 0 amide bonds. The molecule has 0 bridgehead atoms. The van der Waals surface area contributed by atoms with Crippen LogP contribution in [0.25, 0.3) is 0 Å². The predicted molar refractivity (Wildman–Crippen MR) is 205 cm³/mol. The Morgan fingerprint density at radius 3 is 1.65 bits per heavy atom. The van der Waals surface area contributed by atoms with E-state index in [-0.39, 0.29) is 6.61 Å². The Labute approximate surface area is 295 Å². The molecule has 6 atom stereocenters. The summed E-state index contributed by atoms with van der Waals surface area (Å²) in [4.78, 5) is 0. The summed E-state index contributed by atoms with van der Waals surface area (Å²) in [7, 11) is 0. The minimum atomic E-state index is -0.509. The van der Waals surface area contributed by atoms with Gasteiger partial charge in [0.25, 0.3) is 0 Å². The number of nitrogens with one attached hydrogen (secondary N) is 2. The van der Waals surface area contributed by atoms with Crippen molar-refractivity contribution in [2.75, 3.05) is 41.1 Å². The van der Waals surface area contributed by atoms with Crippen LogP contribution in [0.3, 0.4) is 0 Å². The van der Waals surface area contributed by atoms with Gasteiger partial charge >= 0.3 is 0 Å². The summed E-state index contributed by atoms with van der Waals surface area (Å²) in [5, 5.41) is 28.6. The summed E-state index contributed by atoms with van der Waals surface area (Å²) in [6.07, 6.45) is 2.64. The number of benzene rings is 4. The van der Waals surface area contributed by atoms with Crippen LogP contribution in [0.5, 0.6) is 11.5 Å². The Morgan fingerprint density at radius 2 is 1.12 bits per heavy atom. The predicted octanol–water partition coefficient (Wildman–Crippen LogP) is 9.26. The zero-order chi connectivity index (χ0) is 33.6. The van der Waals surface area contributed by atoms with Crippen molar-refractivity contribution in [1.82, 2.24) is 0 Å². The van der Waals surface area contributed by atoms with E-state index in [1.54, 1.807) is 0 Å². The van der Waals surface area contributed by atoms with Crippen molar-refractivity contribution in [3.05, 3.63) is 109 Å². The summed E-state index contributed by atoms with van der Waals surface area (Å²) < 4.78 is 11.8. The van der Waals surface area contributed by atoms with E-state index in [0.717, 1.165) is 40.0 Å². The number of hydrogen-bond donors (Lipinski definition) is 4. The maximum absolute atomic E-state index is 10.7. The summed E-state index contributed by atoms with van der Waals surface area (Å²) in [6, 6.07) is 35.8. The molecule has 6 unspecified atom stereocenters. The van der Waals surface area contributed by atoms with Crippen LogP contribution in [0.1, 0.15) is 33.1 Å². The van der Waals surface area contributed by atoms with Crippen LogP contribution >= 0.6 is 23.5 Å². The molecule has 6 nitrogen and oxygen atoms in total. The molecule has 1 aliphatic rings. The highest BCUT2D eigenvalue weighted by Crippen LogP contribution is 2.40. The molecule has 4 aromatic carbocycles. The van der Waals surface area contributed by atoms with E-state index in [2.05, 4.69) is 24.5 Å². The molecule has 4 aromatic rings. The average molecular weight is 687 g/mol. The third kappa shape index (κ3) is 12.0. The van der Waals surface area contributed by atoms with E-state index in [9.17, 15) is 10.2 Å². The molecular weight excluding hydrogens is 637 g/mol. The van der Waals surface area contributed by atoms with E-state index in [1.165, 1.54) is 19.3 Å². The van der Waals surface area contributed by atoms with Gasteiger partial charge < -0.3 is 30.3 Å². The van der Waals surface area contributed by atoms with E-state index < -0.39 is 12.2 Å². The minimum absolute atomic E-state index is 0.287. The normalized spacial score (nSPS) is 19.5. The van der Waals surface area contributed by atoms with Crippen molar-refractivity contribution in [1.29, 1.82) is 0 Å². The second-order valence-corrected chi connectivity index (χ2v) is 15.2. The fraction of sp³-hybridized carbons (Fsp3) is 0.400. The lowest BCUT2D eigenvalue weighted by Gasteiger charge is -2.37. The van der Waals surface area contributed by atoms with Gasteiger partial charge in [-0.2, -0.15) is 23.5 Å². The minimum Gasteiger partial charge on any atom is -0.491 e. The molecule has 0 heterocycles. The molecule has 0 radical (unpaired) electrons. The van der Waals surface area contributed by atoms with Gasteiger partial charge in [0.1, 0.15) is 24.7 Å². The van der Waals surface area contributed by atoms with Gasteiger partial charge in [-0.25, -0.2) is 0 Å². The Hall–Kier alpha value is -3.30. The lowest BCUT2D eigenvalue weighted by molar-refractivity contribution is 0.126. The lowest BCUT2D eigenvalue weighted by Crippen LogP contribution is -2.31. The van der Waals surface area contributed by atoms with Gasteiger partial charge in [0, 0.05) is 39.5 Å². The molecule has 0 spiro atoms. The SMILES string of the molecule is CC(CSCC(O)COc1ccc(Nc2ccccc2)cc1)C1CCC(C)C(SCC(O)COc2ccc(Nc3ccccc3)cc2)C1. The van der Waals surface area contributed by atoms with Crippen molar-refractivity contribution in [3.63, 3.8) is 0 Å². The average Bonchev–Trinajstić information content (AvgIpc) is 3.11. The third-order valence-corrected chi connectivity index (χ3v) is 11.9. The van der Waals surface area contributed by atoms with Crippen LogP contribution in [0.4, 0.5) is 22.7 Å². The van der Waals surface area contributed by atoms with Gasteiger partial charge in [0.2, 0.25) is 0 Å². The molecule has 1 aliphatic carbocycles. The van der Waals surface area contributed by atoms with Crippen LogP contribution in [0, 0.1) is 17.8 Å². The first-order chi connectivity index (χ1) is 23.4. The summed E-state index contributed by atoms with van der Waals surface area (Å²) in [5.74, 6) is 5.78. The van der Waals surface area contributed by atoms with Crippen molar-refractivity contribution in [2.24, 2.45) is 17.8 Å². The highest BCUT2D eigenvalue weighted by Gasteiger charge is 2.31. The maximum atomic E-state index is 10.7. The fourth-order valence-corrected chi connectivity index (χ4v) is 8.51. The number of aliphatic hydroxyl groups is 2. The fourth-order valence-electron chi connectivity index (χ4n) is 5.95. The highest BCUT2D eigenvalue weighted by atomic mass is 32.2. The molecule has 5 rings (SSSR count). The quantitative estimate of drug-likeness (QED) is 0.0825. The molecule has 1 saturated carbocycles. The molecule has 8 heteroatoms. The molecule has 0 saturated heterocycles. The van der Waals surface area contributed by atoms with Gasteiger partial charge in [-0.3, -0.25) is 0 Å². The second kappa shape index (κ2) is 19.0. The van der Waals surface area contributed by atoms with Crippen molar-refractivity contribution >= 4 is 46.3 Å². The van der Waals surface area contributed by atoms with Crippen molar-refractivity contribution < 1.29 is 19.7 Å². The van der Waals surface area contributed by atoms with Gasteiger partial charge in [0.15, 0.2) is 0 Å². The Bertz CT molecular complexity index is 1460. The first kappa shape index (κ1) is 36.0. The summed E-state index contributed by atoms with van der Waals surface area (Å²) in [5.41, 5.74) is 4.08. The molecule has 0 aromatic heterocycles. The van der Waals surface area contributed by atoms with Crippen LogP contribution in [0.2, 0.25) is 0 Å². The maximum Gasteiger partial charge on any atom is 0.119 e. The first-order valence-corrected chi connectivity index (χ1v) is 19.3. The van der Waals surface area contributed by atoms with Gasteiger partial charge in [-0.1, -0.05) is 50.2 Å². The van der Waals surface area contributed by atoms with Crippen molar-refractivity contribution in [3.8, 4) is 11.5 Å². The smallest absolute Gasteiger partial charge is 0.119 e. The van der Waals surface area contributed by atoms with Crippen LogP contribution in [-0.2, 0) is 0 Å². The van der Waals surface area contributed by atoms with Gasteiger partial charge in [-0.15, -0.1) is 0 Å². The molecule has 4 N–H and O–H groups in total. The zero-order valence-electron chi connectivity index (χ0n) is 28.0. The molecule has 256 valence electrons. The molecule has 1 fully saturated rings. The lowest BCUT2D eigenvalue weighted by atomic mass is 9.77. The number of thioether (sulfide) groups is 2. The van der Waals surface area contributed by atoms with Crippen LogP contribution in [0.15, 0.2) is 109 Å². The van der Waals surface area contributed by atoms with Gasteiger partial charge in [0.05, 0.1) is 12.2 Å². The Balaban J connectivity index is 0.950. The monoisotopic (exact) mass is 686 g/mol. The number of aliphatic hydroxyl groups excluding tert-OH is 2. The summed E-state index contributed by atoms with van der Waals surface area (Å²) in [6.45, 7) is 5.28. The van der Waals surface area contributed by atoms with E-state index >= 15 is 0 Å². The number of ether oxygens (including phenoxy) is 2. The van der Waals surface area contributed by atoms with Gasteiger partial charge in [-0.05, 0) is 116 Å². The van der Waals surface area contributed by atoms with E-state index in [4.69, 9.17) is 9.47 Å². The second-order valence-electron chi connectivity index (χ2n) is 12.9. The summed E-state index contributed by atoms with van der Waals surface area (Å²) >= 11 is 3.72. The van der Waals surface area contributed by atoms with E-state index in [0.29, 0.717) is 41.1 Å². The first-order valence-electron chi connectivity index (χ1n) is 17.1. The Kier molecular flexibility index (Phi) is 14.3. The van der Waals surface area contributed by atoms with Crippen molar-refractivity contribution in [2.45, 2.75) is 50.6 Å². The largest absolute Gasteiger partial charge is 0.491 e. The number of anilines is 4. The van der Waals surface area contributed by atoms with Crippen LogP contribution in [-0.4, -0.2) is 58.1 Å². The molecule has 48 heavy (non-hydrogen) atoms. The molecule has 0 aliphatic heterocycles. The van der Waals surface area contributed by atoms with Crippen LogP contribution < -0.4 is 20.1 Å². The standard InChI is InChI=1S/C40H50N2O4S2/c1-29-13-14-31(23-40(29)48-28-37(44)25-46-39-21-17-35(18-22-39)42-33-11-7-4-8-12-33)30(2)26-47-27-36(43)24-45-38-19-15-34(16-20-38)41-32-9-5-3-6-10-32/h3-12,15-22,29-31,36-37,40-44H,13-14,23-28H2,1-2H3. The highest BCUT2D eigenvalue weighted by molar-refractivity contribution is 8.00. The van der Waals surface area contributed by atoms with E-state index in [1.807, 2.05) is 133 Å². The zero-order valence-corrected chi connectivity index (χ0v) is 29.7. The number of hydrogen-bond acceptors (Lipinski definition) is 8. The topological polar surface area (TPSA) is 83.0 Å². The third-order valence-electron chi connectivity index (χ3n) is 8.88. The Morgan fingerprint density at radius 1 is 0.646 bits per heavy atom. The molecular formula is C40H50N2O4S2.